The summed E-state index contributed by atoms with van der Waals surface area (Å²) in [4.78, 5) is 35.3. The van der Waals surface area contributed by atoms with Crippen LogP contribution in [0.15, 0.2) is 0 Å². The molecule has 0 radical (unpaired) electrons. The van der Waals surface area contributed by atoms with Crippen molar-refractivity contribution in [3.8, 4) is 0 Å². The molecule has 84 valence electrons. The molecule has 0 aliphatic rings. The second kappa shape index (κ2) is 13.6. The van der Waals surface area contributed by atoms with Crippen LogP contribution in [0.1, 0.15) is 0 Å². The van der Waals surface area contributed by atoms with Gasteiger partial charge in [-0.1, -0.05) is 0 Å². The molecule has 0 saturated carbocycles. The summed E-state index contributed by atoms with van der Waals surface area (Å²) in [5.74, 6) is -1.23. The van der Waals surface area contributed by atoms with Gasteiger partial charge in [0.1, 0.15) is 6.54 Å². The number of guanidine groups is 1. The summed E-state index contributed by atoms with van der Waals surface area (Å²) < 4.78 is 8.66. The largest absolute Gasteiger partial charge is 1.00 e. The van der Waals surface area contributed by atoms with Crippen LogP contribution in [0.25, 0.3) is 0 Å². The number of carboxylic acid groups (broad SMARTS) is 1. The minimum absolute atomic E-state index is 0. The van der Waals surface area contributed by atoms with E-state index in [4.69, 9.17) is 35.5 Å². The Hall–Kier alpha value is 2.12. The Bertz CT molecular complexity index is 250. The van der Waals surface area contributed by atoms with Crippen molar-refractivity contribution < 1.29 is 132 Å². The third kappa shape index (κ3) is 36.0. The number of aliphatic carboxylic acids is 1. The maximum Gasteiger partial charge on any atom is 1.00 e. The molecule has 5 N–H and O–H groups in total. The standard InChI is InChI=1S/C4H9N3O2.2K.H3O4P/c1-7(4(5)6)2-3(8)9;;;1-5(2,3)4/h2H2,1H3,(H3,5,6)(H,8,9);;;(H3,1,2,3,4)/q;2*+1;/p-2. The SMILES string of the molecule is CN(CC(=O)O)C(=N)N.O=P([O-])([O-])O.[K+].[K+]. The second-order valence-corrected chi connectivity index (χ2v) is 3.04. The third-order valence-electron chi connectivity index (χ3n) is 0.784. The molecule has 0 heterocycles. The summed E-state index contributed by atoms with van der Waals surface area (Å²) in [5.41, 5.74) is 4.93. The number of hydrogen-bond donors (Lipinski definition) is 4. The van der Waals surface area contributed by atoms with Crippen molar-refractivity contribution >= 4 is 19.8 Å². The molecular formula is C4H10K2N3O6P. The molecule has 12 heteroatoms. The van der Waals surface area contributed by atoms with E-state index in [1.54, 1.807) is 0 Å². The first-order valence-corrected chi connectivity index (χ1v) is 4.55. The van der Waals surface area contributed by atoms with Gasteiger partial charge in [0.15, 0.2) is 5.96 Å². The number of carbonyl (C=O) groups is 1. The Morgan fingerprint density at radius 3 is 1.81 bits per heavy atom. The van der Waals surface area contributed by atoms with Crippen molar-refractivity contribution in [3.05, 3.63) is 0 Å². The third-order valence-corrected chi connectivity index (χ3v) is 0.784. The maximum atomic E-state index is 9.92. The Labute approximate surface area is 177 Å². The minimum atomic E-state index is -5.14. The van der Waals surface area contributed by atoms with Gasteiger partial charge < -0.3 is 35.0 Å². The van der Waals surface area contributed by atoms with Gasteiger partial charge in [-0.05, 0) is 0 Å². The zero-order valence-corrected chi connectivity index (χ0v) is 16.3. The van der Waals surface area contributed by atoms with Crippen molar-refractivity contribution in [2.75, 3.05) is 13.6 Å². The molecule has 0 aromatic carbocycles. The van der Waals surface area contributed by atoms with E-state index < -0.39 is 13.8 Å². The molecule has 0 aromatic heterocycles. The van der Waals surface area contributed by atoms with Gasteiger partial charge in [-0.2, -0.15) is 0 Å². The predicted octanol–water partition coefficient (Wildman–Crippen LogP) is -9.29. The molecule has 0 amide bonds. The van der Waals surface area contributed by atoms with Gasteiger partial charge in [0.05, 0.1) is 7.82 Å². The average Bonchev–Trinajstić information content (AvgIpc) is 1.80. The van der Waals surface area contributed by atoms with E-state index in [2.05, 4.69) is 0 Å². The van der Waals surface area contributed by atoms with E-state index in [0.717, 1.165) is 4.90 Å². The normalized spacial score (nSPS) is 8.50. The molecule has 16 heavy (non-hydrogen) atoms. The average molecular weight is 305 g/mol. The number of carboxylic acids is 1. The van der Waals surface area contributed by atoms with Crippen LogP contribution in [0.2, 0.25) is 0 Å². The monoisotopic (exact) mass is 305 g/mol. The second-order valence-electron chi connectivity index (χ2n) is 2.10. The Kier molecular flexibility index (Phi) is 22.6. The van der Waals surface area contributed by atoms with Crippen molar-refractivity contribution in [2.24, 2.45) is 5.73 Å². The molecule has 0 bridgehead atoms. The fourth-order valence-electron chi connectivity index (χ4n) is 0.288. The Morgan fingerprint density at radius 2 is 1.75 bits per heavy atom. The van der Waals surface area contributed by atoms with Gasteiger partial charge in [-0.3, -0.25) is 10.2 Å². The van der Waals surface area contributed by atoms with Crippen LogP contribution in [0.5, 0.6) is 0 Å². The molecule has 0 aliphatic carbocycles. The topological polar surface area (TPSA) is 174 Å². The van der Waals surface area contributed by atoms with E-state index in [0.29, 0.717) is 0 Å². The zero-order chi connectivity index (χ0) is 11.9. The van der Waals surface area contributed by atoms with Gasteiger partial charge in [0, 0.05) is 7.05 Å². The summed E-state index contributed by atoms with van der Waals surface area (Å²) in [7, 11) is -3.70. The van der Waals surface area contributed by atoms with Crippen molar-refractivity contribution in [2.45, 2.75) is 0 Å². The smallest absolute Gasteiger partial charge is 0.790 e. The Morgan fingerprint density at radius 1 is 1.50 bits per heavy atom. The molecule has 0 atom stereocenters. The number of likely N-dealkylation sites (N-methyl/N-ethyl adjacent to an activating group) is 1. The number of nitrogens with zero attached hydrogens (tertiary/aromatic N) is 1. The number of phosphoric acid groups is 1. The molecule has 0 spiro atoms. The minimum Gasteiger partial charge on any atom is -0.790 e. The molecular weight excluding hydrogens is 295 g/mol. The van der Waals surface area contributed by atoms with Crippen LogP contribution in [0.3, 0.4) is 0 Å². The van der Waals surface area contributed by atoms with E-state index in [-0.39, 0.29) is 115 Å². The molecule has 0 fully saturated rings. The van der Waals surface area contributed by atoms with E-state index >= 15 is 0 Å². The van der Waals surface area contributed by atoms with Gasteiger partial charge in [-0.15, -0.1) is 0 Å². The number of hydrogen-bond acceptors (Lipinski definition) is 5. The number of nitrogens with one attached hydrogen (secondary N) is 1. The first-order chi connectivity index (χ1) is 6.04. The summed E-state index contributed by atoms with van der Waals surface area (Å²) in [6, 6.07) is 0. The summed E-state index contributed by atoms with van der Waals surface area (Å²) in [6.45, 7) is -0.227. The number of nitrogens with two attached hydrogens (primary N) is 1. The predicted molar refractivity (Wildman–Crippen MR) is 42.0 cm³/mol. The first-order valence-electron chi connectivity index (χ1n) is 3.05. The zero-order valence-electron chi connectivity index (χ0n) is 9.21. The van der Waals surface area contributed by atoms with Crippen LogP contribution in [-0.4, -0.2) is 40.4 Å². The van der Waals surface area contributed by atoms with Crippen LogP contribution < -0.4 is 118 Å². The molecule has 0 aromatic rings. The van der Waals surface area contributed by atoms with E-state index in [9.17, 15) is 4.79 Å². The summed E-state index contributed by atoms with van der Waals surface area (Å²) in [5, 5.41) is 14.9. The quantitative estimate of drug-likeness (QED) is 0.168. The van der Waals surface area contributed by atoms with Gasteiger partial charge in [-0.25, -0.2) is 0 Å². The van der Waals surface area contributed by atoms with Crippen LogP contribution >= 0.6 is 7.82 Å². The fraction of sp³-hybridized carbons (Fsp3) is 0.500. The van der Waals surface area contributed by atoms with E-state index in [1.165, 1.54) is 7.05 Å². The summed E-state index contributed by atoms with van der Waals surface area (Å²) >= 11 is 0. The summed E-state index contributed by atoms with van der Waals surface area (Å²) in [6.07, 6.45) is 0. The molecule has 0 unspecified atom stereocenters. The van der Waals surface area contributed by atoms with Crippen LogP contribution in [0, 0.1) is 5.41 Å². The van der Waals surface area contributed by atoms with Gasteiger partial charge >= 0.3 is 109 Å². The van der Waals surface area contributed by atoms with Gasteiger partial charge in [0.2, 0.25) is 0 Å². The molecule has 0 rings (SSSR count). The molecule has 0 saturated heterocycles. The van der Waals surface area contributed by atoms with Gasteiger partial charge in [0.25, 0.3) is 0 Å². The number of rotatable bonds is 2. The van der Waals surface area contributed by atoms with E-state index in [1.807, 2.05) is 0 Å². The van der Waals surface area contributed by atoms with Crippen molar-refractivity contribution in [3.63, 3.8) is 0 Å². The first kappa shape index (κ1) is 26.6. The van der Waals surface area contributed by atoms with Crippen LogP contribution in [-0.2, 0) is 9.36 Å². The maximum absolute atomic E-state index is 9.92. The van der Waals surface area contributed by atoms with Crippen LogP contribution in [0.4, 0.5) is 0 Å². The molecule has 0 aliphatic heterocycles. The van der Waals surface area contributed by atoms with Crippen molar-refractivity contribution in [1.29, 1.82) is 5.41 Å². The Balaban J connectivity index is -0.0000000904. The van der Waals surface area contributed by atoms with Crippen molar-refractivity contribution in [1.82, 2.24) is 4.90 Å². The molecule has 9 nitrogen and oxygen atoms in total. The fourth-order valence-corrected chi connectivity index (χ4v) is 0.288.